The largest absolute Gasteiger partial charge is 0.576 e. The molecule has 0 saturated heterocycles. The lowest BCUT2D eigenvalue weighted by Gasteiger charge is -2.30. The fraction of sp³-hybridized carbons (Fsp3) is 1.00. The molecule has 1 atom stereocenters. The summed E-state index contributed by atoms with van der Waals surface area (Å²) in [5.41, 5.74) is 0. The van der Waals surface area contributed by atoms with Crippen LogP contribution in [0, 0.1) is 0 Å². The zero-order valence-corrected chi connectivity index (χ0v) is 17.4. The Morgan fingerprint density at radius 3 is 1.39 bits per heavy atom. The number of hydrazine groups is 2. The van der Waals surface area contributed by atoms with Gasteiger partial charge in [-0.2, -0.15) is 10.0 Å². The van der Waals surface area contributed by atoms with E-state index in [-0.39, 0.29) is 0 Å². The van der Waals surface area contributed by atoms with Gasteiger partial charge in [0.25, 0.3) is 0 Å². The van der Waals surface area contributed by atoms with Crippen molar-refractivity contribution in [2.45, 2.75) is 59.3 Å². The van der Waals surface area contributed by atoms with E-state index < -0.39 is 8.18 Å². The van der Waals surface area contributed by atoms with Crippen molar-refractivity contribution >= 4 is 20.0 Å². The van der Waals surface area contributed by atoms with Crippen LogP contribution in [0.3, 0.4) is 0 Å². The molecular weight excluding hydrogens is 335 g/mol. The Balaban J connectivity index is 0. The summed E-state index contributed by atoms with van der Waals surface area (Å²) in [7, 11) is 2.90. The van der Waals surface area contributed by atoms with Crippen molar-refractivity contribution in [3.63, 3.8) is 0 Å². The Morgan fingerprint density at radius 2 is 1.17 bits per heavy atom. The Bertz CT molecular complexity index is 272. The smallest absolute Gasteiger partial charge is 0.442 e. The molecule has 140 valence electrons. The van der Waals surface area contributed by atoms with E-state index in [0.29, 0.717) is 0 Å². The van der Waals surface area contributed by atoms with Crippen molar-refractivity contribution in [2.75, 3.05) is 40.8 Å². The molecule has 0 radical (unpaired) electrons. The number of hydrogen-bond donors (Lipinski definition) is 0. The van der Waals surface area contributed by atoms with E-state index in [0.717, 1.165) is 45.3 Å². The predicted octanol–water partition coefficient (Wildman–Crippen LogP) is 3.47. The third kappa shape index (κ3) is 15.5. The van der Waals surface area contributed by atoms with Crippen LogP contribution in [0.25, 0.3) is 0 Å². The maximum absolute atomic E-state index is 11.2. The molecule has 0 N–H and O–H groups in total. The van der Waals surface area contributed by atoms with E-state index >= 15 is 0 Å². The van der Waals surface area contributed by atoms with Crippen LogP contribution in [-0.2, 0) is 4.57 Å². The first kappa shape index (κ1) is 25.4. The van der Waals surface area contributed by atoms with Crippen LogP contribution >= 0.6 is 20.0 Å². The van der Waals surface area contributed by atoms with Gasteiger partial charge < -0.3 is 4.89 Å². The molecule has 23 heavy (non-hydrogen) atoms. The number of unbranched alkanes of at least 4 members (excludes halogenated alkanes) is 3. The lowest BCUT2D eigenvalue weighted by molar-refractivity contribution is -0.212. The van der Waals surface area contributed by atoms with Crippen LogP contribution in [0.4, 0.5) is 0 Å². The molecule has 0 aromatic carbocycles. The normalized spacial score (nSPS) is 12.1. The van der Waals surface area contributed by atoms with Crippen molar-refractivity contribution in [1.82, 2.24) is 19.3 Å². The summed E-state index contributed by atoms with van der Waals surface area (Å²) in [5, 5.41) is 3.51. The predicted molar refractivity (Wildman–Crippen MR) is 97.9 cm³/mol. The van der Waals surface area contributed by atoms with Gasteiger partial charge in [-0.3, -0.25) is 0 Å². The Labute approximate surface area is 149 Å². The van der Waals surface area contributed by atoms with Crippen LogP contribution in [0.15, 0.2) is 0 Å². The molecule has 0 rings (SSSR count). The van der Waals surface area contributed by atoms with Gasteiger partial charge in [0.15, 0.2) is 0 Å². The first-order valence-corrected chi connectivity index (χ1v) is 10.0. The molecule has 6 nitrogen and oxygen atoms in total. The average molecular weight is 371 g/mol. The third-order valence-electron chi connectivity index (χ3n) is 3.25. The average Bonchev–Trinajstić information content (AvgIpc) is 2.49. The Morgan fingerprint density at radius 1 is 0.826 bits per heavy atom. The first-order chi connectivity index (χ1) is 10.8. The maximum Gasteiger partial charge on any atom is 0.442 e. The molecule has 0 amide bonds. The monoisotopic (exact) mass is 370 g/mol. The topological polar surface area (TPSA) is 53.1 Å². The van der Waals surface area contributed by atoms with E-state index in [1.165, 1.54) is 17.7 Å². The van der Waals surface area contributed by atoms with Crippen molar-refractivity contribution in [3.8, 4) is 0 Å². The van der Waals surface area contributed by atoms with Crippen LogP contribution in [0.1, 0.15) is 59.3 Å². The third-order valence-corrected chi connectivity index (χ3v) is 4.32. The molecule has 0 aliphatic rings. The minimum atomic E-state index is -2.59. The van der Waals surface area contributed by atoms with Crippen molar-refractivity contribution < 1.29 is 9.46 Å². The van der Waals surface area contributed by atoms with Crippen molar-refractivity contribution in [1.29, 1.82) is 0 Å². The van der Waals surface area contributed by atoms with Crippen LogP contribution in [-0.4, -0.2) is 60.1 Å². The van der Waals surface area contributed by atoms with E-state index in [1.54, 1.807) is 14.4 Å². The lowest BCUT2D eigenvalue weighted by atomic mass is 10.3. The van der Waals surface area contributed by atoms with Gasteiger partial charge in [0.2, 0.25) is 0 Å². The quantitative estimate of drug-likeness (QED) is 0.298. The summed E-state index contributed by atoms with van der Waals surface area (Å²) >= 11 is 5.49. The van der Waals surface area contributed by atoms with Crippen LogP contribution in [0.5, 0.6) is 0 Å². The molecule has 0 spiro atoms. The van der Waals surface area contributed by atoms with Gasteiger partial charge in [-0.25, -0.2) is 4.42 Å². The molecule has 0 aromatic heterocycles. The van der Waals surface area contributed by atoms with Gasteiger partial charge in [0, 0.05) is 45.7 Å². The SMILES string of the molecule is CCCCN(C)Cl.CCCCN(C)N(N(C)CCCC)[P+](=O)[O-]. The highest BCUT2D eigenvalue weighted by Gasteiger charge is 2.27. The summed E-state index contributed by atoms with van der Waals surface area (Å²) in [6.07, 6.45) is 6.53. The highest BCUT2D eigenvalue weighted by molar-refractivity contribution is 7.33. The Hall–Kier alpha value is 0.190. The lowest BCUT2D eigenvalue weighted by Crippen LogP contribution is -2.47. The second-order valence-electron chi connectivity index (χ2n) is 5.66. The summed E-state index contributed by atoms with van der Waals surface area (Å²) < 4.78 is 12.9. The summed E-state index contributed by atoms with van der Waals surface area (Å²) in [5.74, 6) is 0. The molecule has 0 bridgehead atoms. The van der Waals surface area contributed by atoms with Gasteiger partial charge in [-0.1, -0.05) is 40.0 Å². The van der Waals surface area contributed by atoms with E-state index in [1.807, 2.05) is 21.1 Å². The zero-order valence-electron chi connectivity index (χ0n) is 15.8. The van der Waals surface area contributed by atoms with Gasteiger partial charge in [0.05, 0.1) is 0 Å². The van der Waals surface area contributed by atoms with Crippen LogP contribution < -0.4 is 4.89 Å². The number of rotatable bonds is 12. The molecule has 0 saturated carbocycles. The van der Waals surface area contributed by atoms with Crippen molar-refractivity contribution in [2.24, 2.45) is 0 Å². The van der Waals surface area contributed by atoms with E-state index in [2.05, 4.69) is 20.8 Å². The standard InChI is InChI=1S/C10H24N3O2P.C5H12ClN/c1-5-7-9-11(3)13(16(14)15)12(4)10-8-6-2;1-3-4-5-7(2)6/h5-10H2,1-4H3;3-5H2,1-2H3. The van der Waals surface area contributed by atoms with E-state index in [4.69, 9.17) is 11.8 Å². The highest BCUT2D eigenvalue weighted by atomic mass is 35.5. The van der Waals surface area contributed by atoms with Crippen LogP contribution in [0.2, 0.25) is 0 Å². The minimum absolute atomic E-state index is 0.760. The van der Waals surface area contributed by atoms with Crippen molar-refractivity contribution in [3.05, 3.63) is 0 Å². The second kappa shape index (κ2) is 17.0. The fourth-order valence-corrected chi connectivity index (χ4v) is 2.64. The molecule has 8 heteroatoms. The zero-order chi connectivity index (χ0) is 18.3. The van der Waals surface area contributed by atoms with Gasteiger partial charge in [0.1, 0.15) is 0 Å². The maximum atomic E-state index is 11.2. The fourth-order valence-electron chi connectivity index (χ4n) is 1.84. The van der Waals surface area contributed by atoms with Gasteiger partial charge in [-0.15, -0.1) is 0 Å². The summed E-state index contributed by atoms with van der Waals surface area (Å²) in [6.45, 7) is 8.86. The molecule has 1 unspecified atom stereocenters. The number of nitrogens with zero attached hydrogens (tertiary/aromatic N) is 4. The summed E-state index contributed by atoms with van der Waals surface area (Å²) in [6, 6.07) is 0. The first-order valence-electron chi connectivity index (χ1n) is 8.55. The number of hydrogen-bond acceptors (Lipinski definition) is 5. The molecule has 0 aromatic rings. The molecule has 0 fully saturated rings. The molecule has 0 aliphatic carbocycles. The van der Waals surface area contributed by atoms with Gasteiger partial charge >= 0.3 is 8.18 Å². The summed E-state index contributed by atoms with van der Waals surface area (Å²) in [4.78, 5) is 12.5. The van der Waals surface area contributed by atoms with Gasteiger partial charge in [-0.05, 0) is 35.6 Å². The molecule has 0 heterocycles. The highest BCUT2D eigenvalue weighted by Crippen LogP contribution is 2.21. The van der Waals surface area contributed by atoms with E-state index in [9.17, 15) is 9.46 Å². The number of halogens is 1. The molecular formula is C15H36ClN4O2P. The Kier molecular flexibility index (Phi) is 18.8. The second-order valence-corrected chi connectivity index (χ2v) is 7.07. The molecule has 0 aliphatic heterocycles. The minimum Gasteiger partial charge on any atom is -0.576 e.